The average Bonchev–Trinajstić information content (AvgIpc) is 3.05. The highest BCUT2D eigenvalue weighted by Crippen LogP contribution is 2.40. The standard InChI is InChI=1S/C13H20O7/c1-15-10-5-6-13(18-4,20-10)11-8(7-9(14)19-11)12(16-2)17-3/h5-6,8,10-12H,7H2,1-4H3/t8-,10+,11-,13-/m0/s1. The van der Waals surface area contributed by atoms with E-state index in [-0.39, 0.29) is 18.3 Å². The van der Waals surface area contributed by atoms with E-state index in [4.69, 9.17) is 28.4 Å². The molecule has 20 heavy (non-hydrogen) atoms. The molecule has 0 radical (unpaired) electrons. The van der Waals surface area contributed by atoms with E-state index in [9.17, 15) is 4.79 Å². The summed E-state index contributed by atoms with van der Waals surface area (Å²) in [7, 11) is 6.03. The molecular formula is C13H20O7. The van der Waals surface area contributed by atoms with Gasteiger partial charge in [0.25, 0.3) is 0 Å². The first kappa shape index (κ1) is 15.4. The molecule has 0 aromatic rings. The molecule has 0 bridgehead atoms. The zero-order chi connectivity index (χ0) is 14.8. The van der Waals surface area contributed by atoms with Crippen LogP contribution in [-0.4, -0.2) is 58.9 Å². The van der Waals surface area contributed by atoms with E-state index in [2.05, 4.69) is 0 Å². The predicted octanol–water partition coefficient (Wildman–Crippen LogP) is 0.439. The van der Waals surface area contributed by atoms with Crippen molar-refractivity contribution in [1.82, 2.24) is 0 Å². The number of hydrogen-bond acceptors (Lipinski definition) is 7. The van der Waals surface area contributed by atoms with Gasteiger partial charge in [-0.25, -0.2) is 0 Å². The number of esters is 1. The van der Waals surface area contributed by atoms with Crippen LogP contribution in [-0.2, 0) is 33.2 Å². The lowest BCUT2D eigenvalue weighted by atomic mass is 9.93. The summed E-state index contributed by atoms with van der Waals surface area (Å²) in [4.78, 5) is 11.7. The fourth-order valence-electron chi connectivity index (χ4n) is 2.64. The average molecular weight is 288 g/mol. The van der Waals surface area contributed by atoms with Crippen LogP contribution in [0.2, 0.25) is 0 Å². The maximum Gasteiger partial charge on any atom is 0.306 e. The van der Waals surface area contributed by atoms with E-state index in [0.29, 0.717) is 0 Å². The first-order valence-electron chi connectivity index (χ1n) is 6.30. The van der Waals surface area contributed by atoms with E-state index in [0.717, 1.165) is 0 Å². The SMILES string of the molecule is COC(OC)[C@H]1CC(=O)O[C@@H]1[C@]1(OC)C=C[C@H](OC)O1. The molecule has 0 amide bonds. The second-order valence-corrected chi connectivity index (χ2v) is 4.62. The second kappa shape index (κ2) is 6.19. The highest BCUT2D eigenvalue weighted by molar-refractivity contribution is 5.72. The van der Waals surface area contributed by atoms with E-state index in [1.807, 2.05) is 0 Å². The van der Waals surface area contributed by atoms with Crippen molar-refractivity contribution in [3.05, 3.63) is 12.2 Å². The number of carbonyl (C=O) groups excluding carboxylic acids is 1. The fraction of sp³-hybridized carbons (Fsp3) is 0.769. The number of ether oxygens (including phenoxy) is 6. The van der Waals surface area contributed by atoms with Gasteiger partial charge in [0, 0.05) is 28.4 Å². The lowest BCUT2D eigenvalue weighted by Gasteiger charge is -2.36. The lowest BCUT2D eigenvalue weighted by molar-refractivity contribution is -0.293. The Bertz CT molecular complexity index is 379. The van der Waals surface area contributed by atoms with Gasteiger partial charge in [-0.15, -0.1) is 0 Å². The number of methoxy groups -OCH3 is 4. The Morgan fingerprint density at radius 3 is 2.50 bits per heavy atom. The minimum Gasteiger partial charge on any atom is -0.456 e. The lowest BCUT2D eigenvalue weighted by Crippen LogP contribution is -2.50. The van der Waals surface area contributed by atoms with E-state index in [1.165, 1.54) is 28.4 Å². The van der Waals surface area contributed by atoms with Gasteiger partial charge in [0.15, 0.2) is 18.7 Å². The Kier molecular flexibility index (Phi) is 4.77. The summed E-state index contributed by atoms with van der Waals surface area (Å²) in [5.41, 5.74) is 0. The molecule has 2 heterocycles. The van der Waals surface area contributed by atoms with Crippen LogP contribution in [0.1, 0.15) is 6.42 Å². The molecule has 0 unspecified atom stereocenters. The Hall–Kier alpha value is -0.990. The van der Waals surface area contributed by atoms with E-state index >= 15 is 0 Å². The molecule has 1 fully saturated rings. The molecule has 7 heteroatoms. The molecule has 2 rings (SSSR count). The molecule has 1 saturated heterocycles. The molecule has 0 spiro atoms. The maximum atomic E-state index is 11.7. The van der Waals surface area contributed by atoms with Crippen molar-refractivity contribution in [2.45, 2.75) is 30.9 Å². The largest absolute Gasteiger partial charge is 0.456 e. The molecular weight excluding hydrogens is 268 g/mol. The third kappa shape index (κ3) is 2.59. The Morgan fingerprint density at radius 1 is 1.30 bits per heavy atom. The van der Waals surface area contributed by atoms with Gasteiger partial charge in [-0.05, 0) is 12.2 Å². The second-order valence-electron chi connectivity index (χ2n) is 4.62. The summed E-state index contributed by atoms with van der Waals surface area (Å²) in [5.74, 6) is -1.86. The number of carbonyl (C=O) groups is 1. The minimum atomic E-state index is -1.19. The quantitative estimate of drug-likeness (QED) is 0.399. The van der Waals surface area contributed by atoms with Crippen molar-refractivity contribution in [3.63, 3.8) is 0 Å². The van der Waals surface area contributed by atoms with Gasteiger partial charge in [-0.2, -0.15) is 0 Å². The summed E-state index contributed by atoms with van der Waals surface area (Å²) in [5, 5.41) is 0. The number of hydrogen-bond donors (Lipinski definition) is 0. The third-order valence-electron chi connectivity index (χ3n) is 3.60. The molecule has 114 valence electrons. The normalized spacial score (nSPS) is 36.9. The maximum absolute atomic E-state index is 11.7. The van der Waals surface area contributed by atoms with Gasteiger partial charge < -0.3 is 28.4 Å². The first-order chi connectivity index (χ1) is 9.60. The van der Waals surface area contributed by atoms with Gasteiger partial charge in [0.2, 0.25) is 5.79 Å². The minimum absolute atomic E-state index is 0.178. The van der Waals surface area contributed by atoms with E-state index < -0.39 is 24.5 Å². The van der Waals surface area contributed by atoms with E-state index in [1.54, 1.807) is 12.2 Å². The summed E-state index contributed by atoms with van der Waals surface area (Å²) >= 11 is 0. The van der Waals surface area contributed by atoms with Crippen molar-refractivity contribution >= 4 is 5.97 Å². The first-order valence-corrected chi connectivity index (χ1v) is 6.30. The molecule has 0 aliphatic carbocycles. The molecule has 0 N–H and O–H groups in total. The molecule has 4 atom stereocenters. The summed E-state index contributed by atoms with van der Waals surface area (Å²) in [6, 6.07) is 0. The van der Waals surface area contributed by atoms with Crippen molar-refractivity contribution in [2.75, 3.05) is 28.4 Å². The van der Waals surface area contributed by atoms with Crippen molar-refractivity contribution in [1.29, 1.82) is 0 Å². The molecule has 2 aliphatic heterocycles. The van der Waals surface area contributed by atoms with Crippen LogP contribution in [0.15, 0.2) is 12.2 Å². The van der Waals surface area contributed by atoms with Crippen molar-refractivity contribution in [2.24, 2.45) is 5.92 Å². The highest BCUT2D eigenvalue weighted by atomic mass is 16.8. The van der Waals surface area contributed by atoms with Gasteiger partial charge in [0.1, 0.15) is 0 Å². The molecule has 2 aliphatic rings. The topological polar surface area (TPSA) is 72.5 Å². The van der Waals surface area contributed by atoms with Crippen LogP contribution in [0.5, 0.6) is 0 Å². The summed E-state index contributed by atoms with van der Waals surface area (Å²) in [6.07, 6.45) is 1.79. The molecule has 7 nitrogen and oxygen atoms in total. The van der Waals surface area contributed by atoms with Crippen LogP contribution >= 0.6 is 0 Å². The predicted molar refractivity (Wildman–Crippen MR) is 66.6 cm³/mol. The zero-order valence-corrected chi connectivity index (χ0v) is 12.0. The number of rotatable bonds is 6. The van der Waals surface area contributed by atoms with Crippen LogP contribution in [0, 0.1) is 5.92 Å². The summed E-state index contributed by atoms with van der Waals surface area (Å²) in [6.45, 7) is 0. The zero-order valence-electron chi connectivity index (χ0n) is 12.0. The van der Waals surface area contributed by atoms with Gasteiger partial charge in [-0.3, -0.25) is 4.79 Å². The van der Waals surface area contributed by atoms with Crippen molar-refractivity contribution < 1.29 is 33.2 Å². The Balaban J connectivity index is 2.24. The van der Waals surface area contributed by atoms with Crippen LogP contribution in [0.4, 0.5) is 0 Å². The van der Waals surface area contributed by atoms with Crippen LogP contribution < -0.4 is 0 Å². The highest BCUT2D eigenvalue weighted by Gasteiger charge is 2.55. The van der Waals surface area contributed by atoms with Crippen LogP contribution in [0.25, 0.3) is 0 Å². The van der Waals surface area contributed by atoms with Crippen molar-refractivity contribution in [3.8, 4) is 0 Å². The van der Waals surface area contributed by atoms with Gasteiger partial charge in [0.05, 0.1) is 12.3 Å². The molecule has 0 aromatic carbocycles. The third-order valence-corrected chi connectivity index (χ3v) is 3.60. The van der Waals surface area contributed by atoms with Crippen LogP contribution in [0.3, 0.4) is 0 Å². The van der Waals surface area contributed by atoms with Gasteiger partial charge >= 0.3 is 5.97 Å². The molecule has 0 saturated carbocycles. The number of cyclic esters (lactones) is 1. The Morgan fingerprint density at radius 2 is 2.00 bits per heavy atom. The summed E-state index contributed by atoms with van der Waals surface area (Å²) < 4.78 is 32.1. The monoisotopic (exact) mass is 288 g/mol. The Labute approximate surface area is 117 Å². The van der Waals surface area contributed by atoms with Gasteiger partial charge in [-0.1, -0.05) is 0 Å². The fourth-order valence-corrected chi connectivity index (χ4v) is 2.64. The molecule has 0 aromatic heterocycles. The smallest absolute Gasteiger partial charge is 0.306 e.